The second kappa shape index (κ2) is 8.04. The molecule has 0 bridgehead atoms. The Bertz CT molecular complexity index is 599. The number of aromatic nitrogens is 1. The number of ether oxygens (including phenoxy) is 1. The van der Waals surface area contributed by atoms with Crippen LogP contribution in [-0.4, -0.2) is 94.8 Å². The van der Waals surface area contributed by atoms with Gasteiger partial charge in [-0.25, -0.2) is 4.98 Å². The first-order chi connectivity index (χ1) is 12.3. The van der Waals surface area contributed by atoms with Crippen molar-refractivity contribution in [3.05, 3.63) is 17.8 Å². The Morgan fingerprint density at radius 1 is 1.23 bits per heavy atom. The van der Waals surface area contributed by atoms with E-state index in [1.165, 1.54) is 6.26 Å². The number of amides is 1. The molecule has 8 nitrogen and oxygen atoms in total. The maximum absolute atomic E-state index is 12.4. The number of aliphatic hydroxyl groups is 1. The summed E-state index contributed by atoms with van der Waals surface area (Å²) in [7, 11) is 0. The Kier molecular flexibility index (Phi) is 5.96. The van der Waals surface area contributed by atoms with E-state index in [2.05, 4.69) is 21.7 Å². The van der Waals surface area contributed by atoms with Gasteiger partial charge in [0.05, 0.1) is 25.4 Å². The summed E-state index contributed by atoms with van der Waals surface area (Å²) in [6.07, 6.45) is 1.46. The lowest BCUT2D eigenvalue weighted by atomic mass is 9.98. The lowest BCUT2D eigenvalue weighted by Gasteiger charge is -2.41. The Morgan fingerprint density at radius 3 is 2.50 bits per heavy atom. The van der Waals surface area contributed by atoms with E-state index in [9.17, 15) is 9.90 Å². The molecule has 1 N–H and O–H groups in total. The van der Waals surface area contributed by atoms with Crippen molar-refractivity contribution >= 4 is 5.91 Å². The second-order valence-corrected chi connectivity index (χ2v) is 7.67. The van der Waals surface area contributed by atoms with Crippen LogP contribution in [0.25, 0.3) is 0 Å². The van der Waals surface area contributed by atoms with Gasteiger partial charge in [0.15, 0.2) is 5.69 Å². The van der Waals surface area contributed by atoms with E-state index < -0.39 is 5.60 Å². The van der Waals surface area contributed by atoms with Gasteiger partial charge in [0.1, 0.15) is 6.26 Å². The van der Waals surface area contributed by atoms with Crippen LogP contribution in [0, 0.1) is 0 Å². The van der Waals surface area contributed by atoms with Crippen LogP contribution in [0.1, 0.15) is 37.2 Å². The molecule has 0 saturated carbocycles. The number of hydrogen-bond acceptors (Lipinski definition) is 7. The molecule has 0 aromatic carbocycles. The van der Waals surface area contributed by atoms with Gasteiger partial charge < -0.3 is 19.2 Å². The van der Waals surface area contributed by atoms with Gasteiger partial charge >= 0.3 is 0 Å². The van der Waals surface area contributed by atoms with Gasteiger partial charge in [0.25, 0.3) is 5.91 Å². The molecule has 1 amide bonds. The lowest BCUT2D eigenvalue weighted by molar-refractivity contribution is -0.0296. The highest BCUT2D eigenvalue weighted by Crippen LogP contribution is 2.18. The first-order valence-corrected chi connectivity index (χ1v) is 9.35. The van der Waals surface area contributed by atoms with E-state index in [1.807, 2.05) is 13.8 Å². The summed E-state index contributed by atoms with van der Waals surface area (Å²) in [6, 6.07) is 0.115. The third kappa shape index (κ3) is 4.62. The van der Waals surface area contributed by atoms with Crippen LogP contribution < -0.4 is 0 Å². The number of oxazole rings is 1. The fourth-order valence-corrected chi connectivity index (χ4v) is 3.36. The highest BCUT2D eigenvalue weighted by Gasteiger charge is 2.31. The van der Waals surface area contributed by atoms with E-state index in [4.69, 9.17) is 9.15 Å². The predicted octanol–water partition coefficient (Wildman–Crippen LogP) is 0.424. The van der Waals surface area contributed by atoms with Crippen molar-refractivity contribution in [1.82, 2.24) is 19.7 Å². The normalized spacial score (nSPS) is 21.8. The van der Waals surface area contributed by atoms with Crippen LogP contribution >= 0.6 is 0 Å². The molecule has 146 valence electrons. The summed E-state index contributed by atoms with van der Waals surface area (Å²) < 4.78 is 10.8. The van der Waals surface area contributed by atoms with Crippen molar-refractivity contribution in [1.29, 1.82) is 0 Å². The Hall–Kier alpha value is -1.48. The third-order valence-corrected chi connectivity index (χ3v) is 5.41. The molecule has 0 aliphatic carbocycles. The molecular weight excluding hydrogens is 336 g/mol. The molecule has 1 aromatic rings. The molecule has 1 unspecified atom stereocenters. The first-order valence-electron chi connectivity index (χ1n) is 9.35. The van der Waals surface area contributed by atoms with Gasteiger partial charge in [-0.05, 0) is 20.8 Å². The standard InChI is InChI=1S/C18H30N4O4/c1-14(18(2,3)24)21-6-4-20(5-7-21)12-16-19-15(13-26-16)17(23)22-8-10-25-11-9-22/h13-14,24H,4-12H2,1-3H3. The zero-order valence-corrected chi connectivity index (χ0v) is 16.0. The maximum Gasteiger partial charge on any atom is 0.275 e. The summed E-state index contributed by atoms with van der Waals surface area (Å²) in [6.45, 7) is 12.3. The average molecular weight is 366 g/mol. The van der Waals surface area contributed by atoms with E-state index in [-0.39, 0.29) is 11.9 Å². The first kappa shape index (κ1) is 19.3. The number of carbonyl (C=O) groups is 1. The van der Waals surface area contributed by atoms with Crippen molar-refractivity contribution < 1.29 is 19.1 Å². The lowest BCUT2D eigenvalue weighted by Crippen LogP contribution is -2.55. The molecule has 2 fully saturated rings. The molecule has 0 spiro atoms. The van der Waals surface area contributed by atoms with Crippen LogP contribution in [0.5, 0.6) is 0 Å². The Labute approximate surface area is 154 Å². The van der Waals surface area contributed by atoms with Crippen LogP contribution in [0.2, 0.25) is 0 Å². The monoisotopic (exact) mass is 366 g/mol. The fourth-order valence-electron chi connectivity index (χ4n) is 3.36. The number of morpholine rings is 1. The van der Waals surface area contributed by atoms with Crippen molar-refractivity contribution in [2.24, 2.45) is 0 Å². The molecule has 1 aromatic heterocycles. The number of nitrogens with zero attached hydrogens (tertiary/aromatic N) is 4. The number of rotatable bonds is 5. The summed E-state index contributed by atoms with van der Waals surface area (Å²) in [4.78, 5) is 23.1. The third-order valence-electron chi connectivity index (χ3n) is 5.41. The van der Waals surface area contributed by atoms with Crippen LogP contribution in [0.3, 0.4) is 0 Å². The van der Waals surface area contributed by atoms with E-state index in [0.29, 0.717) is 44.4 Å². The average Bonchev–Trinajstić information content (AvgIpc) is 3.09. The van der Waals surface area contributed by atoms with Gasteiger partial charge in [-0.1, -0.05) is 0 Å². The molecule has 8 heteroatoms. The summed E-state index contributed by atoms with van der Waals surface area (Å²) >= 11 is 0. The van der Waals surface area contributed by atoms with Crippen LogP contribution in [0.4, 0.5) is 0 Å². The van der Waals surface area contributed by atoms with Crippen molar-refractivity contribution in [3.63, 3.8) is 0 Å². The minimum absolute atomic E-state index is 0.0906. The smallest absolute Gasteiger partial charge is 0.275 e. The minimum Gasteiger partial charge on any atom is -0.447 e. The Morgan fingerprint density at radius 2 is 1.88 bits per heavy atom. The quantitative estimate of drug-likeness (QED) is 0.809. The highest BCUT2D eigenvalue weighted by molar-refractivity contribution is 5.92. The molecule has 1 atom stereocenters. The van der Waals surface area contributed by atoms with Crippen LogP contribution in [-0.2, 0) is 11.3 Å². The largest absolute Gasteiger partial charge is 0.447 e. The van der Waals surface area contributed by atoms with Gasteiger partial charge in [-0.3, -0.25) is 14.6 Å². The molecule has 2 aliphatic heterocycles. The van der Waals surface area contributed by atoms with Gasteiger partial charge in [0.2, 0.25) is 5.89 Å². The van der Waals surface area contributed by atoms with Crippen molar-refractivity contribution in [2.75, 3.05) is 52.5 Å². The summed E-state index contributed by atoms with van der Waals surface area (Å²) in [5.41, 5.74) is -0.337. The van der Waals surface area contributed by atoms with Gasteiger partial charge in [-0.15, -0.1) is 0 Å². The van der Waals surface area contributed by atoms with Crippen LogP contribution in [0.15, 0.2) is 10.7 Å². The predicted molar refractivity (Wildman–Crippen MR) is 95.8 cm³/mol. The number of piperazine rings is 1. The minimum atomic E-state index is -0.709. The van der Waals surface area contributed by atoms with Gasteiger partial charge in [-0.2, -0.15) is 0 Å². The number of hydrogen-bond donors (Lipinski definition) is 1. The second-order valence-electron chi connectivity index (χ2n) is 7.67. The molecular formula is C18H30N4O4. The van der Waals surface area contributed by atoms with Crippen molar-refractivity contribution in [2.45, 2.75) is 39.0 Å². The SMILES string of the molecule is CC(N1CCN(Cc2nc(C(=O)N3CCOCC3)co2)CC1)C(C)(C)O. The maximum atomic E-state index is 12.4. The zero-order valence-electron chi connectivity index (χ0n) is 16.0. The fraction of sp³-hybridized carbons (Fsp3) is 0.778. The van der Waals surface area contributed by atoms with E-state index in [1.54, 1.807) is 4.90 Å². The topological polar surface area (TPSA) is 82.3 Å². The van der Waals surface area contributed by atoms with Gasteiger partial charge in [0, 0.05) is 45.3 Å². The molecule has 2 saturated heterocycles. The molecule has 0 radical (unpaired) electrons. The van der Waals surface area contributed by atoms with E-state index >= 15 is 0 Å². The van der Waals surface area contributed by atoms with Crippen molar-refractivity contribution in [3.8, 4) is 0 Å². The number of carbonyl (C=O) groups excluding carboxylic acids is 1. The Balaban J connectivity index is 1.50. The summed E-state index contributed by atoms with van der Waals surface area (Å²) in [5.74, 6) is 0.484. The van der Waals surface area contributed by atoms with E-state index in [0.717, 1.165) is 26.2 Å². The highest BCUT2D eigenvalue weighted by atomic mass is 16.5. The zero-order chi connectivity index (χ0) is 18.7. The summed E-state index contributed by atoms with van der Waals surface area (Å²) in [5, 5.41) is 10.2. The molecule has 26 heavy (non-hydrogen) atoms. The molecule has 3 rings (SSSR count). The molecule has 2 aliphatic rings. The molecule has 3 heterocycles.